The number of halogens is 1. The van der Waals surface area contributed by atoms with Crippen molar-refractivity contribution in [2.24, 2.45) is 0 Å². The molecule has 1 aromatic carbocycles. The van der Waals surface area contributed by atoms with Crippen LogP contribution >= 0.6 is 0 Å². The minimum atomic E-state index is -0.223. The first-order valence-corrected chi connectivity index (χ1v) is 6.55. The Morgan fingerprint density at radius 3 is 3.11 bits per heavy atom. The predicted molar refractivity (Wildman–Crippen MR) is 69.7 cm³/mol. The average molecular weight is 264 g/mol. The van der Waals surface area contributed by atoms with Crippen LogP contribution < -0.4 is 10.2 Å². The number of hydrogen-bond donors (Lipinski definition) is 1. The number of hydrogen-bond acceptors (Lipinski definition) is 3. The van der Waals surface area contributed by atoms with E-state index >= 15 is 0 Å². The van der Waals surface area contributed by atoms with Crippen molar-refractivity contribution in [3.8, 4) is 0 Å². The van der Waals surface area contributed by atoms with Crippen LogP contribution in [0.1, 0.15) is 12.0 Å². The Balaban J connectivity index is 1.79. The number of fused-ring (bicyclic) bond motifs is 1. The zero-order valence-corrected chi connectivity index (χ0v) is 10.9. The molecule has 2 atom stereocenters. The summed E-state index contributed by atoms with van der Waals surface area (Å²) in [5, 5.41) is 3.17. The first kappa shape index (κ1) is 12.6. The number of anilines is 1. The number of carbonyl (C=O) groups excluding carboxylic acids is 1. The molecule has 0 unspecified atom stereocenters. The van der Waals surface area contributed by atoms with E-state index in [0.29, 0.717) is 37.2 Å². The van der Waals surface area contributed by atoms with Gasteiger partial charge in [-0.05, 0) is 25.0 Å². The number of methoxy groups -OCH3 is 1. The van der Waals surface area contributed by atoms with Gasteiger partial charge >= 0.3 is 0 Å². The van der Waals surface area contributed by atoms with Gasteiger partial charge in [0.1, 0.15) is 5.82 Å². The summed E-state index contributed by atoms with van der Waals surface area (Å²) in [5.41, 5.74) is 1.37. The Kier molecular flexibility index (Phi) is 3.24. The summed E-state index contributed by atoms with van der Waals surface area (Å²) in [6.45, 7) is 1.25. The Bertz CT molecular complexity index is 506. The summed E-state index contributed by atoms with van der Waals surface area (Å²) in [5.74, 6) is -0.203. The standard InChI is InChI=1S/C14H17FN2O2/c1-19-9-7-12(16-8-9)14(18)17-6-5-10-11(15)3-2-4-13(10)17/h2-4,9,12,16H,5-8H2,1H3/t9-,12+/m0/s1. The molecule has 5 heteroatoms. The monoisotopic (exact) mass is 264 g/mol. The summed E-state index contributed by atoms with van der Waals surface area (Å²) < 4.78 is 18.9. The Hall–Kier alpha value is -1.46. The molecule has 0 aliphatic carbocycles. The SMILES string of the molecule is CO[C@@H]1CN[C@@H](C(=O)N2CCc3c(F)cccc32)C1. The molecular weight excluding hydrogens is 247 g/mol. The van der Waals surface area contributed by atoms with E-state index in [1.165, 1.54) is 6.07 Å². The van der Waals surface area contributed by atoms with Crippen LogP contribution in [0, 0.1) is 5.82 Å². The van der Waals surface area contributed by atoms with E-state index in [9.17, 15) is 9.18 Å². The van der Waals surface area contributed by atoms with Gasteiger partial charge in [-0.2, -0.15) is 0 Å². The van der Waals surface area contributed by atoms with Gasteiger partial charge in [0, 0.05) is 31.5 Å². The molecule has 2 heterocycles. The first-order valence-electron chi connectivity index (χ1n) is 6.55. The van der Waals surface area contributed by atoms with Gasteiger partial charge in [0.15, 0.2) is 0 Å². The van der Waals surface area contributed by atoms with Crippen LogP contribution in [-0.4, -0.2) is 38.3 Å². The lowest BCUT2D eigenvalue weighted by Gasteiger charge is -2.21. The van der Waals surface area contributed by atoms with Crippen LogP contribution in [-0.2, 0) is 16.0 Å². The second-order valence-electron chi connectivity index (χ2n) is 5.03. The van der Waals surface area contributed by atoms with Crippen molar-refractivity contribution in [3.63, 3.8) is 0 Å². The summed E-state index contributed by atoms with van der Waals surface area (Å²) >= 11 is 0. The molecule has 1 amide bonds. The van der Waals surface area contributed by atoms with Crippen molar-refractivity contribution in [3.05, 3.63) is 29.6 Å². The third-order valence-corrected chi connectivity index (χ3v) is 3.96. The maximum Gasteiger partial charge on any atom is 0.244 e. The van der Waals surface area contributed by atoms with Gasteiger partial charge in [0.05, 0.1) is 12.1 Å². The molecule has 1 aromatic rings. The highest BCUT2D eigenvalue weighted by atomic mass is 19.1. The van der Waals surface area contributed by atoms with Crippen molar-refractivity contribution < 1.29 is 13.9 Å². The Morgan fingerprint density at radius 1 is 1.53 bits per heavy atom. The zero-order chi connectivity index (χ0) is 13.4. The summed E-state index contributed by atoms with van der Waals surface area (Å²) in [6, 6.07) is 4.69. The molecule has 2 aliphatic heterocycles. The van der Waals surface area contributed by atoms with Crippen LogP contribution in [0.3, 0.4) is 0 Å². The van der Waals surface area contributed by atoms with Crippen LogP contribution in [0.4, 0.5) is 10.1 Å². The van der Waals surface area contributed by atoms with E-state index in [2.05, 4.69) is 5.32 Å². The fourth-order valence-electron chi connectivity index (χ4n) is 2.88. The molecule has 4 nitrogen and oxygen atoms in total. The fraction of sp³-hybridized carbons (Fsp3) is 0.500. The third kappa shape index (κ3) is 2.13. The highest BCUT2D eigenvalue weighted by molar-refractivity contribution is 5.99. The largest absolute Gasteiger partial charge is 0.380 e. The summed E-state index contributed by atoms with van der Waals surface area (Å²) in [7, 11) is 1.65. The minimum Gasteiger partial charge on any atom is -0.380 e. The second-order valence-corrected chi connectivity index (χ2v) is 5.03. The Labute approximate surface area is 111 Å². The smallest absolute Gasteiger partial charge is 0.244 e. The van der Waals surface area contributed by atoms with E-state index in [4.69, 9.17) is 4.74 Å². The third-order valence-electron chi connectivity index (χ3n) is 3.96. The molecule has 19 heavy (non-hydrogen) atoms. The van der Waals surface area contributed by atoms with Crippen molar-refractivity contribution in [2.45, 2.75) is 25.0 Å². The highest BCUT2D eigenvalue weighted by Crippen LogP contribution is 2.31. The summed E-state index contributed by atoms with van der Waals surface area (Å²) in [6.07, 6.45) is 1.36. The lowest BCUT2D eigenvalue weighted by atomic mass is 10.1. The van der Waals surface area contributed by atoms with Crippen LogP contribution in [0.25, 0.3) is 0 Å². The van der Waals surface area contributed by atoms with Gasteiger partial charge in [0.25, 0.3) is 0 Å². The van der Waals surface area contributed by atoms with Gasteiger partial charge in [0.2, 0.25) is 5.91 Å². The van der Waals surface area contributed by atoms with Crippen molar-refractivity contribution in [2.75, 3.05) is 25.1 Å². The number of ether oxygens (including phenoxy) is 1. The molecule has 3 rings (SSSR count). The highest BCUT2D eigenvalue weighted by Gasteiger charge is 2.35. The number of benzene rings is 1. The van der Waals surface area contributed by atoms with E-state index in [1.807, 2.05) is 6.07 Å². The Morgan fingerprint density at radius 2 is 2.37 bits per heavy atom. The van der Waals surface area contributed by atoms with Crippen LogP contribution in [0.5, 0.6) is 0 Å². The van der Waals surface area contributed by atoms with E-state index < -0.39 is 0 Å². The maximum absolute atomic E-state index is 13.6. The second kappa shape index (κ2) is 4.90. The van der Waals surface area contributed by atoms with E-state index in [0.717, 1.165) is 0 Å². The predicted octanol–water partition coefficient (Wildman–Crippen LogP) is 1.09. The molecule has 1 N–H and O–H groups in total. The quantitative estimate of drug-likeness (QED) is 0.869. The number of amides is 1. The molecule has 0 bridgehead atoms. The maximum atomic E-state index is 13.6. The topological polar surface area (TPSA) is 41.6 Å². The number of carbonyl (C=O) groups is 1. The van der Waals surface area contributed by atoms with Crippen molar-refractivity contribution in [1.29, 1.82) is 0 Å². The number of nitrogens with one attached hydrogen (secondary N) is 1. The number of nitrogens with zero attached hydrogens (tertiary/aromatic N) is 1. The van der Waals surface area contributed by atoms with Gasteiger partial charge < -0.3 is 15.0 Å². The van der Waals surface area contributed by atoms with Gasteiger partial charge in [-0.3, -0.25) is 4.79 Å². The molecule has 0 saturated carbocycles. The fourth-order valence-corrected chi connectivity index (χ4v) is 2.88. The molecular formula is C14H17FN2O2. The molecule has 102 valence electrons. The average Bonchev–Trinajstić information content (AvgIpc) is 3.05. The van der Waals surface area contributed by atoms with Gasteiger partial charge in [-0.15, -0.1) is 0 Å². The van der Waals surface area contributed by atoms with Crippen molar-refractivity contribution in [1.82, 2.24) is 5.32 Å². The zero-order valence-electron chi connectivity index (χ0n) is 10.9. The van der Waals surface area contributed by atoms with Crippen LogP contribution in [0.15, 0.2) is 18.2 Å². The normalized spacial score (nSPS) is 25.7. The summed E-state index contributed by atoms with van der Waals surface area (Å²) in [4.78, 5) is 14.2. The molecule has 0 radical (unpaired) electrons. The van der Waals surface area contributed by atoms with E-state index in [-0.39, 0.29) is 23.9 Å². The molecule has 1 fully saturated rings. The molecule has 0 spiro atoms. The van der Waals surface area contributed by atoms with Crippen LogP contribution in [0.2, 0.25) is 0 Å². The minimum absolute atomic E-state index is 0.0175. The van der Waals surface area contributed by atoms with Gasteiger partial charge in [-0.25, -0.2) is 4.39 Å². The number of rotatable bonds is 2. The lowest BCUT2D eigenvalue weighted by molar-refractivity contribution is -0.120. The molecule has 1 saturated heterocycles. The first-order chi connectivity index (χ1) is 9.20. The lowest BCUT2D eigenvalue weighted by Crippen LogP contribution is -2.42. The van der Waals surface area contributed by atoms with Crippen molar-refractivity contribution >= 4 is 11.6 Å². The van der Waals surface area contributed by atoms with E-state index in [1.54, 1.807) is 18.1 Å². The van der Waals surface area contributed by atoms with Gasteiger partial charge in [-0.1, -0.05) is 6.07 Å². The molecule has 0 aromatic heterocycles. The molecule has 2 aliphatic rings.